The standard InChI is InChI=1S/C10H21NO/c1-2-3-4-7-10(12)9-6-5-8-11-9/h9-12H,2-8H2,1H3/t9-,10-/m1/s1. The number of aliphatic hydroxyl groups is 1. The zero-order valence-corrected chi connectivity index (χ0v) is 8.05. The molecule has 1 heterocycles. The molecule has 0 aromatic heterocycles. The van der Waals surface area contributed by atoms with Gasteiger partial charge in [-0.25, -0.2) is 0 Å². The lowest BCUT2D eigenvalue weighted by molar-refractivity contribution is 0.123. The minimum absolute atomic E-state index is 0.0981. The molecule has 0 radical (unpaired) electrons. The van der Waals surface area contributed by atoms with Crippen molar-refractivity contribution in [2.24, 2.45) is 0 Å². The van der Waals surface area contributed by atoms with Gasteiger partial charge in [-0.1, -0.05) is 26.2 Å². The average molecular weight is 171 g/mol. The molecule has 0 unspecified atom stereocenters. The van der Waals surface area contributed by atoms with E-state index in [0.717, 1.165) is 19.4 Å². The predicted molar refractivity (Wildman–Crippen MR) is 51.2 cm³/mol. The van der Waals surface area contributed by atoms with Crippen LogP contribution < -0.4 is 5.32 Å². The zero-order chi connectivity index (χ0) is 8.81. The fourth-order valence-corrected chi connectivity index (χ4v) is 1.84. The van der Waals surface area contributed by atoms with Crippen molar-refractivity contribution in [2.45, 2.75) is 57.6 Å². The van der Waals surface area contributed by atoms with Crippen LogP contribution in [0.15, 0.2) is 0 Å². The van der Waals surface area contributed by atoms with Gasteiger partial charge in [0.05, 0.1) is 6.10 Å². The molecule has 2 nitrogen and oxygen atoms in total. The van der Waals surface area contributed by atoms with Gasteiger partial charge < -0.3 is 10.4 Å². The monoisotopic (exact) mass is 171 g/mol. The van der Waals surface area contributed by atoms with Crippen LogP contribution in [-0.4, -0.2) is 23.8 Å². The van der Waals surface area contributed by atoms with E-state index in [-0.39, 0.29) is 6.10 Å². The molecule has 2 atom stereocenters. The lowest BCUT2D eigenvalue weighted by Crippen LogP contribution is -2.34. The molecule has 0 aliphatic carbocycles. The normalized spacial score (nSPS) is 26.0. The zero-order valence-electron chi connectivity index (χ0n) is 8.05. The van der Waals surface area contributed by atoms with E-state index in [9.17, 15) is 5.11 Å². The lowest BCUT2D eigenvalue weighted by Gasteiger charge is -2.17. The van der Waals surface area contributed by atoms with Crippen LogP contribution in [0.4, 0.5) is 0 Å². The number of nitrogens with one attached hydrogen (secondary N) is 1. The van der Waals surface area contributed by atoms with Crippen LogP contribution in [0.25, 0.3) is 0 Å². The first-order valence-corrected chi connectivity index (χ1v) is 5.26. The highest BCUT2D eigenvalue weighted by Gasteiger charge is 2.21. The average Bonchev–Trinajstić information content (AvgIpc) is 2.56. The van der Waals surface area contributed by atoms with Gasteiger partial charge in [0.25, 0.3) is 0 Å². The smallest absolute Gasteiger partial charge is 0.0693 e. The molecule has 0 aromatic carbocycles. The van der Waals surface area contributed by atoms with E-state index in [4.69, 9.17) is 0 Å². The molecule has 2 N–H and O–H groups in total. The maximum atomic E-state index is 9.71. The van der Waals surface area contributed by atoms with E-state index < -0.39 is 0 Å². The topological polar surface area (TPSA) is 32.3 Å². The summed E-state index contributed by atoms with van der Waals surface area (Å²) in [4.78, 5) is 0. The van der Waals surface area contributed by atoms with Crippen LogP contribution >= 0.6 is 0 Å². The Morgan fingerprint density at radius 3 is 2.92 bits per heavy atom. The van der Waals surface area contributed by atoms with E-state index in [0.29, 0.717) is 6.04 Å². The Kier molecular flexibility index (Phi) is 4.62. The summed E-state index contributed by atoms with van der Waals surface area (Å²) in [5.74, 6) is 0. The highest BCUT2D eigenvalue weighted by Crippen LogP contribution is 2.14. The van der Waals surface area contributed by atoms with Gasteiger partial charge in [-0.2, -0.15) is 0 Å². The minimum atomic E-state index is -0.0981. The summed E-state index contributed by atoms with van der Waals surface area (Å²) in [6.07, 6.45) is 6.94. The van der Waals surface area contributed by atoms with Gasteiger partial charge in [-0.05, 0) is 25.8 Å². The first-order valence-electron chi connectivity index (χ1n) is 5.26. The second-order valence-electron chi connectivity index (χ2n) is 3.77. The van der Waals surface area contributed by atoms with Gasteiger partial charge in [0.1, 0.15) is 0 Å². The summed E-state index contributed by atoms with van der Waals surface area (Å²) in [5.41, 5.74) is 0. The van der Waals surface area contributed by atoms with Crippen molar-refractivity contribution in [1.82, 2.24) is 5.32 Å². The van der Waals surface area contributed by atoms with Crippen LogP contribution in [0.5, 0.6) is 0 Å². The van der Waals surface area contributed by atoms with Crippen molar-refractivity contribution < 1.29 is 5.11 Å². The Balaban J connectivity index is 2.05. The SMILES string of the molecule is CCCCC[C@@H](O)[C@H]1CCCN1. The van der Waals surface area contributed by atoms with Crippen LogP contribution in [0.1, 0.15) is 45.4 Å². The molecule has 0 bridgehead atoms. The summed E-state index contributed by atoms with van der Waals surface area (Å²) >= 11 is 0. The Labute approximate surface area is 75.4 Å². The molecule has 1 aliphatic heterocycles. The Morgan fingerprint density at radius 2 is 2.33 bits per heavy atom. The minimum Gasteiger partial charge on any atom is -0.392 e. The van der Waals surface area contributed by atoms with Gasteiger partial charge in [-0.3, -0.25) is 0 Å². The van der Waals surface area contributed by atoms with Gasteiger partial charge in [0.15, 0.2) is 0 Å². The molecular formula is C10H21NO. The van der Waals surface area contributed by atoms with E-state index in [1.54, 1.807) is 0 Å². The Bertz CT molecular complexity index is 110. The maximum Gasteiger partial charge on any atom is 0.0693 e. The molecular weight excluding hydrogens is 150 g/mol. The fourth-order valence-electron chi connectivity index (χ4n) is 1.84. The lowest BCUT2D eigenvalue weighted by atomic mass is 10.0. The summed E-state index contributed by atoms with van der Waals surface area (Å²) in [6, 6.07) is 0.391. The first-order chi connectivity index (χ1) is 5.84. The molecule has 0 aromatic rings. The van der Waals surface area contributed by atoms with E-state index in [1.807, 2.05) is 0 Å². The highest BCUT2D eigenvalue weighted by atomic mass is 16.3. The van der Waals surface area contributed by atoms with Crippen molar-refractivity contribution >= 4 is 0 Å². The quantitative estimate of drug-likeness (QED) is 0.617. The molecule has 1 rings (SSSR count). The van der Waals surface area contributed by atoms with Gasteiger partial charge in [0, 0.05) is 6.04 Å². The molecule has 0 amide bonds. The van der Waals surface area contributed by atoms with Gasteiger partial charge in [-0.15, -0.1) is 0 Å². The third-order valence-electron chi connectivity index (χ3n) is 2.67. The van der Waals surface area contributed by atoms with Crippen LogP contribution in [0.3, 0.4) is 0 Å². The Hall–Kier alpha value is -0.0800. The highest BCUT2D eigenvalue weighted by molar-refractivity contribution is 4.80. The molecule has 72 valence electrons. The van der Waals surface area contributed by atoms with E-state index in [1.165, 1.54) is 25.7 Å². The fraction of sp³-hybridized carbons (Fsp3) is 1.00. The van der Waals surface area contributed by atoms with Crippen LogP contribution in [-0.2, 0) is 0 Å². The molecule has 0 spiro atoms. The maximum absolute atomic E-state index is 9.71. The third kappa shape index (κ3) is 3.11. The van der Waals surface area contributed by atoms with Crippen LogP contribution in [0, 0.1) is 0 Å². The Morgan fingerprint density at radius 1 is 1.50 bits per heavy atom. The molecule has 2 heteroatoms. The van der Waals surface area contributed by atoms with E-state index in [2.05, 4.69) is 12.2 Å². The molecule has 12 heavy (non-hydrogen) atoms. The number of unbranched alkanes of at least 4 members (excludes halogenated alkanes) is 2. The van der Waals surface area contributed by atoms with Crippen molar-refractivity contribution in [3.8, 4) is 0 Å². The van der Waals surface area contributed by atoms with Crippen LogP contribution in [0.2, 0.25) is 0 Å². The molecule has 0 saturated carbocycles. The van der Waals surface area contributed by atoms with Crippen molar-refractivity contribution in [3.05, 3.63) is 0 Å². The summed E-state index contributed by atoms with van der Waals surface area (Å²) in [6.45, 7) is 3.29. The summed E-state index contributed by atoms with van der Waals surface area (Å²) < 4.78 is 0. The molecule has 1 saturated heterocycles. The van der Waals surface area contributed by atoms with Gasteiger partial charge >= 0.3 is 0 Å². The molecule has 1 fully saturated rings. The second kappa shape index (κ2) is 5.55. The number of rotatable bonds is 5. The third-order valence-corrected chi connectivity index (χ3v) is 2.67. The molecule has 1 aliphatic rings. The van der Waals surface area contributed by atoms with Crippen molar-refractivity contribution in [1.29, 1.82) is 0 Å². The number of hydrogen-bond acceptors (Lipinski definition) is 2. The van der Waals surface area contributed by atoms with E-state index >= 15 is 0 Å². The summed E-state index contributed by atoms with van der Waals surface area (Å²) in [5, 5.41) is 13.0. The second-order valence-corrected chi connectivity index (χ2v) is 3.77. The first kappa shape index (κ1) is 10.0. The largest absolute Gasteiger partial charge is 0.392 e. The number of aliphatic hydroxyl groups excluding tert-OH is 1. The number of hydrogen-bond donors (Lipinski definition) is 2. The van der Waals surface area contributed by atoms with Gasteiger partial charge in [0.2, 0.25) is 0 Å². The summed E-state index contributed by atoms with van der Waals surface area (Å²) in [7, 11) is 0. The van der Waals surface area contributed by atoms with Crippen molar-refractivity contribution in [3.63, 3.8) is 0 Å². The van der Waals surface area contributed by atoms with Crippen molar-refractivity contribution in [2.75, 3.05) is 6.54 Å². The predicted octanol–water partition coefficient (Wildman–Crippen LogP) is 1.68.